The van der Waals surface area contributed by atoms with E-state index >= 15 is 0 Å². The number of aromatic nitrogens is 1. The number of rotatable bonds is 5. The summed E-state index contributed by atoms with van der Waals surface area (Å²) in [4.78, 5) is 16.9. The smallest absolute Gasteiger partial charge is 0.341 e. The summed E-state index contributed by atoms with van der Waals surface area (Å²) in [5, 5.41) is 8.95. The molecule has 0 radical (unpaired) electrons. The molecular weight excluding hydrogens is 251 g/mol. The number of carbonyl (C=O) groups is 1. The van der Waals surface area contributed by atoms with Crippen LogP contribution in [-0.4, -0.2) is 47.2 Å². The van der Waals surface area contributed by atoms with Crippen LogP contribution in [0.3, 0.4) is 0 Å². The van der Waals surface area contributed by atoms with Crippen LogP contribution in [0, 0.1) is 5.82 Å². The monoisotopic (exact) mass is 268 g/mol. The van der Waals surface area contributed by atoms with Crippen molar-refractivity contribution in [2.24, 2.45) is 0 Å². The molecule has 0 amide bonds. The van der Waals surface area contributed by atoms with Gasteiger partial charge in [0.1, 0.15) is 11.4 Å². The molecule has 5 nitrogen and oxygen atoms in total. The zero-order chi connectivity index (χ0) is 13.8. The molecule has 0 bridgehead atoms. The Bertz CT molecular complexity index is 467. The molecule has 1 saturated heterocycles. The minimum atomic E-state index is -1.24. The zero-order valence-electron chi connectivity index (χ0n) is 10.8. The Labute approximate surface area is 111 Å². The van der Waals surface area contributed by atoms with Crippen LogP contribution in [0.5, 0.6) is 5.88 Å². The van der Waals surface area contributed by atoms with Gasteiger partial charge >= 0.3 is 5.97 Å². The highest BCUT2D eigenvalue weighted by atomic mass is 19.1. The van der Waals surface area contributed by atoms with E-state index in [9.17, 15) is 9.18 Å². The van der Waals surface area contributed by atoms with Crippen molar-refractivity contribution in [2.45, 2.75) is 25.3 Å². The SMILES string of the molecule is CN1CCCC1CCOc1ncc(F)cc1C(=O)O. The molecule has 1 atom stereocenters. The largest absolute Gasteiger partial charge is 0.477 e. The van der Waals surface area contributed by atoms with E-state index in [4.69, 9.17) is 9.84 Å². The molecule has 104 valence electrons. The Balaban J connectivity index is 1.94. The van der Waals surface area contributed by atoms with Gasteiger partial charge in [0.2, 0.25) is 5.88 Å². The van der Waals surface area contributed by atoms with E-state index in [-0.39, 0.29) is 11.4 Å². The lowest BCUT2D eigenvalue weighted by Gasteiger charge is -2.19. The van der Waals surface area contributed by atoms with Crippen molar-refractivity contribution in [3.05, 3.63) is 23.6 Å². The Morgan fingerprint density at radius 2 is 2.47 bits per heavy atom. The van der Waals surface area contributed by atoms with Gasteiger partial charge in [-0.15, -0.1) is 0 Å². The molecule has 2 heterocycles. The first-order chi connectivity index (χ1) is 9.08. The third-order valence-corrected chi connectivity index (χ3v) is 3.41. The summed E-state index contributed by atoms with van der Waals surface area (Å²) >= 11 is 0. The molecule has 1 N–H and O–H groups in total. The van der Waals surface area contributed by atoms with E-state index in [1.165, 1.54) is 6.42 Å². The second-order valence-electron chi connectivity index (χ2n) is 4.73. The van der Waals surface area contributed by atoms with Gasteiger partial charge in [-0.05, 0) is 38.9 Å². The van der Waals surface area contributed by atoms with Crippen molar-refractivity contribution < 1.29 is 19.0 Å². The number of aromatic carboxylic acids is 1. The first-order valence-corrected chi connectivity index (χ1v) is 6.30. The Morgan fingerprint density at radius 3 is 3.11 bits per heavy atom. The molecular formula is C13H17FN2O3. The molecule has 0 aliphatic carbocycles. The Morgan fingerprint density at radius 1 is 1.68 bits per heavy atom. The minimum Gasteiger partial charge on any atom is -0.477 e. The van der Waals surface area contributed by atoms with Gasteiger partial charge in [0.25, 0.3) is 0 Å². The van der Waals surface area contributed by atoms with Crippen molar-refractivity contribution in [3.63, 3.8) is 0 Å². The maximum atomic E-state index is 12.9. The maximum absolute atomic E-state index is 12.9. The number of hydrogen-bond donors (Lipinski definition) is 1. The molecule has 2 rings (SSSR count). The summed E-state index contributed by atoms with van der Waals surface area (Å²) in [6.45, 7) is 1.47. The first-order valence-electron chi connectivity index (χ1n) is 6.30. The van der Waals surface area contributed by atoms with Gasteiger partial charge < -0.3 is 14.7 Å². The summed E-state index contributed by atoms with van der Waals surface area (Å²) in [7, 11) is 2.07. The predicted octanol–water partition coefficient (Wildman–Crippen LogP) is 1.78. The van der Waals surface area contributed by atoms with Crippen LogP contribution in [0.2, 0.25) is 0 Å². The topological polar surface area (TPSA) is 62.7 Å². The number of ether oxygens (including phenoxy) is 1. The highest BCUT2D eigenvalue weighted by Gasteiger charge is 2.21. The Hall–Kier alpha value is -1.69. The first kappa shape index (κ1) is 13.7. The lowest BCUT2D eigenvalue weighted by atomic mass is 10.1. The number of carboxylic acid groups (broad SMARTS) is 1. The van der Waals surface area contributed by atoms with Gasteiger partial charge in [0, 0.05) is 6.04 Å². The minimum absolute atomic E-state index is 0.0189. The number of pyridine rings is 1. The standard InChI is InChI=1S/C13H17FN2O3/c1-16-5-2-3-10(16)4-6-19-12-11(13(17)18)7-9(14)8-15-12/h7-8,10H,2-6H2,1H3,(H,17,18). The summed E-state index contributed by atoms with van der Waals surface area (Å²) in [5.41, 5.74) is -0.236. The van der Waals surface area contributed by atoms with Gasteiger partial charge in [0.05, 0.1) is 12.8 Å². The second-order valence-corrected chi connectivity index (χ2v) is 4.73. The fourth-order valence-electron chi connectivity index (χ4n) is 2.33. The molecule has 0 aromatic carbocycles. The summed E-state index contributed by atoms with van der Waals surface area (Å²) in [5.74, 6) is -1.94. The van der Waals surface area contributed by atoms with Gasteiger partial charge in [-0.1, -0.05) is 0 Å². The third-order valence-electron chi connectivity index (χ3n) is 3.41. The molecule has 1 aromatic heterocycles. The quantitative estimate of drug-likeness (QED) is 0.882. The summed E-state index contributed by atoms with van der Waals surface area (Å²) in [6.07, 6.45) is 4.08. The second kappa shape index (κ2) is 5.97. The van der Waals surface area contributed by atoms with Crippen LogP contribution in [0.1, 0.15) is 29.6 Å². The van der Waals surface area contributed by atoms with Gasteiger partial charge in [0.15, 0.2) is 0 Å². The van der Waals surface area contributed by atoms with Crippen LogP contribution < -0.4 is 4.74 Å². The van der Waals surface area contributed by atoms with E-state index in [2.05, 4.69) is 16.9 Å². The molecule has 6 heteroatoms. The molecule has 0 spiro atoms. The van der Waals surface area contributed by atoms with Crippen molar-refractivity contribution in [1.29, 1.82) is 0 Å². The molecule has 1 aliphatic rings. The van der Waals surface area contributed by atoms with Crippen molar-refractivity contribution in [2.75, 3.05) is 20.2 Å². The third kappa shape index (κ3) is 3.41. The van der Waals surface area contributed by atoms with E-state index in [0.717, 1.165) is 31.6 Å². The van der Waals surface area contributed by atoms with Crippen LogP contribution in [-0.2, 0) is 0 Å². The lowest BCUT2D eigenvalue weighted by molar-refractivity contribution is 0.0690. The maximum Gasteiger partial charge on any atom is 0.341 e. The highest BCUT2D eigenvalue weighted by molar-refractivity contribution is 5.90. The molecule has 1 unspecified atom stereocenters. The number of hydrogen-bond acceptors (Lipinski definition) is 4. The number of carboxylic acids is 1. The van der Waals surface area contributed by atoms with E-state index in [1.807, 2.05) is 0 Å². The van der Waals surface area contributed by atoms with E-state index in [0.29, 0.717) is 12.6 Å². The average Bonchev–Trinajstić information content (AvgIpc) is 2.77. The van der Waals surface area contributed by atoms with Gasteiger partial charge in [-0.3, -0.25) is 0 Å². The number of likely N-dealkylation sites (tertiary alicyclic amines) is 1. The van der Waals surface area contributed by atoms with E-state index < -0.39 is 11.8 Å². The molecule has 1 fully saturated rings. The highest BCUT2D eigenvalue weighted by Crippen LogP contribution is 2.20. The lowest BCUT2D eigenvalue weighted by Crippen LogP contribution is -2.26. The number of halogens is 1. The average molecular weight is 268 g/mol. The van der Waals surface area contributed by atoms with Crippen molar-refractivity contribution >= 4 is 5.97 Å². The van der Waals surface area contributed by atoms with E-state index in [1.54, 1.807) is 0 Å². The molecule has 0 saturated carbocycles. The Kier molecular flexibility index (Phi) is 4.31. The van der Waals surface area contributed by atoms with Crippen molar-refractivity contribution in [1.82, 2.24) is 9.88 Å². The normalized spacial score (nSPS) is 19.6. The molecule has 19 heavy (non-hydrogen) atoms. The van der Waals surface area contributed by atoms with Crippen LogP contribution in [0.4, 0.5) is 4.39 Å². The van der Waals surface area contributed by atoms with Crippen LogP contribution in [0.25, 0.3) is 0 Å². The van der Waals surface area contributed by atoms with Crippen molar-refractivity contribution in [3.8, 4) is 5.88 Å². The van der Waals surface area contributed by atoms with Gasteiger partial charge in [-0.2, -0.15) is 0 Å². The van der Waals surface area contributed by atoms with Crippen LogP contribution in [0.15, 0.2) is 12.3 Å². The zero-order valence-corrected chi connectivity index (χ0v) is 10.8. The fourth-order valence-corrected chi connectivity index (χ4v) is 2.33. The van der Waals surface area contributed by atoms with Gasteiger partial charge in [-0.25, -0.2) is 14.2 Å². The fraction of sp³-hybridized carbons (Fsp3) is 0.538. The number of nitrogens with zero attached hydrogens (tertiary/aromatic N) is 2. The van der Waals surface area contributed by atoms with Crippen LogP contribution >= 0.6 is 0 Å². The summed E-state index contributed by atoms with van der Waals surface area (Å²) in [6, 6.07) is 1.39. The molecule has 1 aliphatic heterocycles. The predicted molar refractivity (Wildman–Crippen MR) is 66.9 cm³/mol. The summed E-state index contributed by atoms with van der Waals surface area (Å²) < 4.78 is 18.3. The molecule has 1 aromatic rings.